The van der Waals surface area contributed by atoms with Gasteiger partial charge in [0, 0.05) is 31.1 Å². The molecule has 1 aromatic rings. The van der Waals surface area contributed by atoms with Crippen LogP contribution in [0.3, 0.4) is 0 Å². The third-order valence-electron chi connectivity index (χ3n) is 5.38. The summed E-state index contributed by atoms with van der Waals surface area (Å²) in [4.78, 5) is 26.1. The fourth-order valence-corrected chi connectivity index (χ4v) is 4.00. The van der Waals surface area contributed by atoms with E-state index in [0.717, 1.165) is 56.5 Å². The molecule has 1 aliphatic heterocycles. The van der Waals surface area contributed by atoms with Gasteiger partial charge in [-0.05, 0) is 37.7 Å². The van der Waals surface area contributed by atoms with E-state index in [4.69, 9.17) is 0 Å². The molecule has 0 spiro atoms. The SMILES string of the molecule is O=C(NC1CCCC1)N1CC(Cn2nc3c(cc2=O)CCC3)C1. The minimum absolute atomic E-state index is 0.000456. The summed E-state index contributed by atoms with van der Waals surface area (Å²) in [7, 11) is 0. The summed E-state index contributed by atoms with van der Waals surface area (Å²) < 4.78 is 1.60. The Morgan fingerprint density at radius 1 is 1.22 bits per heavy atom. The van der Waals surface area contributed by atoms with Gasteiger partial charge in [-0.1, -0.05) is 12.8 Å². The van der Waals surface area contributed by atoms with E-state index < -0.39 is 0 Å². The number of fused-ring (bicyclic) bond motifs is 1. The summed E-state index contributed by atoms with van der Waals surface area (Å²) in [6.07, 6.45) is 7.73. The molecule has 2 aliphatic carbocycles. The van der Waals surface area contributed by atoms with E-state index in [1.807, 2.05) is 4.90 Å². The lowest BCUT2D eigenvalue weighted by molar-refractivity contribution is 0.105. The third kappa shape index (κ3) is 2.99. The number of urea groups is 1. The molecular weight excluding hydrogens is 292 g/mol. The number of aryl methyl sites for hydroxylation is 2. The topological polar surface area (TPSA) is 67.2 Å². The summed E-state index contributed by atoms with van der Waals surface area (Å²) in [6.45, 7) is 2.08. The summed E-state index contributed by atoms with van der Waals surface area (Å²) in [5.41, 5.74) is 2.21. The van der Waals surface area contributed by atoms with Crippen LogP contribution in [0.15, 0.2) is 10.9 Å². The first-order chi connectivity index (χ1) is 11.2. The van der Waals surface area contributed by atoms with E-state index >= 15 is 0 Å². The van der Waals surface area contributed by atoms with E-state index in [2.05, 4.69) is 10.4 Å². The number of amides is 2. The minimum Gasteiger partial charge on any atom is -0.335 e. The van der Waals surface area contributed by atoms with Crippen molar-refractivity contribution in [1.82, 2.24) is 20.0 Å². The molecule has 1 aromatic heterocycles. The normalized spacial score (nSPS) is 21.3. The van der Waals surface area contributed by atoms with Crippen LogP contribution in [0.2, 0.25) is 0 Å². The lowest BCUT2D eigenvalue weighted by atomic mass is 10.0. The van der Waals surface area contributed by atoms with Crippen LogP contribution in [-0.4, -0.2) is 39.8 Å². The van der Waals surface area contributed by atoms with Gasteiger partial charge in [0.15, 0.2) is 0 Å². The number of hydrogen-bond acceptors (Lipinski definition) is 3. The standard InChI is InChI=1S/C17H24N4O2/c22-16-8-13-4-3-7-15(13)19-21(16)11-12-9-20(10-12)17(23)18-14-5-1-2-6-14/h8,12,14H,1-7,9-11H2,(H,18,23). The summed E-state index contributed by atoms with van der Waals surface area (Å²) in [5.74, 6) is 0.342. The number of nitrogens with one attached hydrogen (secondary N) is 1. The molecular formula is C17H24N4O2. The van der Waals surface area contributed by atoms with E-state index in [0.29, 0.717) is 18.5 Å². The average molecular weight is 316 g/mol. The van der Waals surface area contributed by atoms with Crippen LogP contribution in [-0.2, 0) is 19.4 Å². The Balaban J connectivity index is 1.31. The summed E-state index contributed by atoms with van der Waals surface area (Å²) >= 11 is 0. The van der Waals surface area contributed by atoms with Gasteiger partial charge < -0.3 is 10.2 Å². The first-order valence-corrected chi connectivity index (χ1v) is 8.84. The van der Waals surface area contributed by atoms with Crippen molar-refractivity contribution in [2.24, 2.45) is 5.92 Å². The zero-order valence-corrected chi connectivity index (χ0v) is 13.5. The molecule has 3 aliphatic rings. The van der Waals surface area contributed by atoms with Crippen LogP contribution in [0.5, 0.6) is 0 Å². The molecule has 6 heteroatoms. The monoisotopic (exact) mass is 316 g/mol. The van der Waals surface area contributed by atoms with E-state index in [-0.39, 0.29) is 11.6 Å². The lowest BCUT2D eigenvalue weighted by Gasteiger charge is -2.39. The average Bonchev–Trinajstić information content (AvgIpc) is 3.13. The van der Waals surface area contributed by atoms with Crippen LogP contribution in [0, 0.1) is 5.92 Å². The number of likely N-dealkylation sites (tertiary alicyclic amines) is 1. The smallest absolute Gasteiger partial charge is 0.317 e. The third-order valence-corrected chi connectivity index (χ3v) is 5.38. The maximum absolute atomic E-state index is 12.1. The zero-order valence-electron chi connectivity index (χ0n) is 13.5. The molecule has 1 N–H and O–H groups in total. The number of carbonyl (C=O) groups is 1. The van der Waals surface area contributed by atoms with Gasteiger partial charge in [0.05, 0.1) is 12.2 Å². The van der Waals surface area contributed by atoms with Crippen molar-refractivity contribution in [1.29, 1.82) is 0 Å². The van der Waals surface area contributed by atoms with Gasteiger partial charge in [0.2, 0.25) is 0 Å². The number of hydrogen-bond donors (Lipinski definition) is 1. The van der Waals surface area contributed by atoms with Gasteiger partial charge in [-0.25, -0.2) is 9.48 Å². The molecule has 1 saturated carbocycles. The highest BCUT2D eigenvalue weighted by atomic mass is 16.2. The Bertz CT molecular complexity index is 657. The van der Waals surface area contributed by atoms with Crippen LogP contribution in [0.25, 0.3) is 0 Å². The molecule has 124 valence electrons. The van der Waals surface area contributed by atoms with E-state index in [1.165, 1.54) is 12.8 Å². The number of rotatable bonds is 3. The molecule has 0 bridgehead atoms. The van der Waals surface area contributed by atoms with Crippen molar-refractivity contribution in [3.8, 4) is 0 Å². The molecule has 0 aromatic carbocycles. The first-order valence-electron chi connectivity index (χ1n) is 8.84. The molecule has 0 radical (unpaired) electrons. The van der Waals surface area contributed by atoms with Crippen LogP contribution >= 0.6 is 0 Å². The van der Waals surface area contributed by atoms with Crippen molar-refractivity contribution in [2.75, 3.05) is 13.1 Å². The molecule has 2 heterocycles. The number of aromatic nitrogens is 2. The van der Waals surface area contributed by atoms with Crippen molar-refractivity contribution < 1.29 is 4.79 Å². The summed E-state index contributed by atoms with van der Waals surface area (Å²) in [5, 5.41) is 7.63. The second-order valence-electron chi connectivity index (χ2n) is 7.19. The van der Waals surface area contributed by atoms with Gasteiger partial charge >= 0.3 is 6.03 Å². The van der Waals surface area contributed by atoms with Gasteiger partial charge in [-0.3, -0.25) is 4.79 Å². The van der Waals surface area contributed by atoms with Gasteiger partial charge in [-0.15, -0.1) is 0 Å². The summed E-state index contributed by atoms with van der Waals surface area (Å²) in [6, 6.07) is 2.17. The molecule has 0 atom stereocenters. The molecule has 4 rings (SSSR count). The second kappa shape index (κ2) is 5.98. The molecule has 6 nitrogen and oxygen atoms in total. The maximum atomic E-state index is 12.1. The fraction of sp³-hybridized carbons (Fsp3) is 0.706. The van der Waals surface area contributed by atoms with Crippen LogP contribution < -0.4 is 10.9 Å². The molecule has 2 fully saturated rings. The van der Waals surface area contributed by atoms with Crippen LogP contribution in [0.4, 0.5) is 4.79 Å². The van der Waals surface area contributed by atoms with E-state index in [9.17, 15) is 9.59 Å². The van der Waals surface area contributed by atoms with Gasteiger partial charge in [0.1, 0.15) is 0 Å². The van der Waals surface area contributed by atoms with E-state index in [1.54, 1.807) is 10.7 Å². The first kappa shape index (κ1) is 14.7. The van der Waals surface area contributed by atoms with Gasteiger partial charge in [-0.2, -0.15) is 5.10 Å². The Morgan fingerprint density at radius 2 is 2.00 bits per heavy atom. The highest BCUT2D eigenvalue weighted by molar-refractivity contribution is 5.75. The quantitative estimate of drug-likeness (QED) is 0.914. The predicted molar refractivity (Wildman–Crippen MR) is 86.4 cm³/mol. The molecule has 23 heavy (non-hydrogen) atoms. The Morgan fingerprint density at radius 3 is 2.78 bits per heavy atom. The van der Waals surface area contributed by atoms with Crippen molar-refractivity contribution in [2.45, 2.75) is 57.5 Å². The number of nitrogens with zero attached hydrogens (tertiary/aromatic N) is 3. The highest BCUT2D eigenvalue weighted by Crippen LogP contribution is 2.21. The Kier molecular flexibility index (Phi) is 3.83. The molecule has 1 saturated heterocycles. The molecule has 0 unspecified atom stereocenters. The Labute approximate surface area is 135 Å². The fourth-order valence-electron chi connectivity index (χ4n) is 4.00. The maximum Gasteiger partial charge on any atom is 0.317 e. The lowest BCUT2D eigenvalue weighted by Crippen LogP contribution is -2.56. The largest absolute Gasteiger partial charge is 0.335 e. The Hall–Kier alpha value is -1.85. The number of carbonyl (C=O) groups excluding carboxylic acids is 1. The van der Waals surface area contributed by atoms with Crippen LogP contribution in [0.1, 0.15) is 43.4 Å². The minimum atomic E-state index is -0.000456. The van der Waals surface area contributed by atoms with Gasteiger partial charge in [0.25, 0.3) is 5.56 Å². The van der Waals surface area contributed by atoms with Crippen molar-refractivity contribution >= 4 is 6.03 Å². The molecule has 2 amide bonds. The van der Waals surface area contributed by atoms with Crippen molar-refractivity contribution in [3.05, 3.63) is 27.7 Å². The highest BCUT2D eigenvalue weighted by Gasteiger charge is 2.32. The van der Waals surface area contributed by atoms with Crippen molar-refractivity contribution in [3.63, 3.8) is 0 Å². The zero-order chi connectivity index (χ0) is 15.8. The predicted octanol–water partition coefficient (Wildman–Crippen LogP) is 1.32. The second-order valence-corrected chi connectivity index (χ2v) is 7.19.